The van der Waals surface area contributed by atoms with Gasteiger partial charge in [0.1, 0.15) is 11.4 Å². The fraction of sp³-hybridized carbons (Fsp3) is 0.471. The average Bonchev–Trinajstić information content (AvgIpc) is 3.41. The molecule has 2 aliphatic rings. The molecule has 2 fully saturated rings. The van der Waals surface area contributed by atoms with Gasteiger partial charge in [0.2, 0.25) is 5.91 Å². The van der Waals surface area contributed by atoms with Gasteiger partial charge in [-0.25, -0.2) is 9.48 Å². The molecule has 4 rings (SSSR count). The van der Waals surface area contributed by atoms with Crippen LogP contribution in [0.5, 0.6) is 0 Å². The second-order valence-corrected chi connectivity index (χ2v) is 6.93. The summed E-state index contributed by atoms with van der Waals surface area (Å²) < 4.78 is 1.80. The lowest BCUT2D eigenvalue weighted by Crippen LogP contribution is -2.42. The predicted molar refractivity (Wildman–Crippen MR) is 95.4 cm³/mol. The van der Waals surface area contributed by atoms with Crippen molar-refractivity contribution in [2.45, 2.75) is 31.7 Å². The molecule has 27 heavy (non-hydrogen) atoms. The molecule has 0 aromatic carbocycles. The number of aromatic amines is 2. The van der Waals surface area contributed by atoms with Gasteiger partial charge in [-0.3, -0.25) is 19.4 Å². The van der Waals surface area contributed by atoms with Crippen molar-refractivity contribution in [1.82, 2.24) is 24.6 Å². The van der Waals surface area contributed by atoms with Gasteiger partial charge in [0.15, 0.2) is 0 Å². The van der Waals surface area contributed by atoms with Crippen molar-refractivity contribution in [2.75, 3.05) is 18.4 Å². The van der Waals surface area contributed by atoms with E-state index in [2.05, 4.69) is 20.4 Å². The van der Waals surface area contributed by atoms with Crippen LogP contribution in [0.25, 0.3) is 0 Å². The van der Waals surface area contributed by atoms with Crippen molar-refractivity contribution in [2.24, 2.45) is 5.92 Å². The van der Waals surface area contributed by atoms with Crippen LogP contribution >= 0.6 is 0 Å². The minimum atomic E-state index is -0.692. The lowest BCUT2D eigenvalue weighted by molar-refractivity contribution is -0.117. The van der Waals surface area contributed by atoms with Crippen molar-refractivity contribution < 1.29 is 9.59 Å². The molecule has 1 aliphatic carbocycles. The van der Waals surface area contributed by atoms with Crippen LogP contribution in [0.2, 0.25) is 0 Å². The fourth-order valence-corrected chi connectivity index (χ4v) is 3.33. The summed E-state index contributed by atoms with van der Waals surface area (Å²) in [6, 6.07) is 1.84. The van der Waals surface area contributed by atoms with Crippen molar-refractivity contribution in [3.8, 4) is 0 Å². The highest BCUT2D eigenvalue weighted by Gasteiger charge is 2.31. The molecule has 3 heterocycles. The molecule has 0 atom stereocenters. The van der Waals surface area contributed by atoms with Crippen LogP contribution in [-0.4, -0.2) is 49.6 Å². The number of aromatic nitrogens is 4. The van der Waals surface area contributed by atoms with Gasteiger partial charge in [0, 0.05) is 31.3 Å². The number of amides is 2. The zero-order valence-electron chi connectivity index (χ0n) is 14.6. The van der Waals surface area contributed by atoms with E-state index in [1.807, 2.05) is 0 Å². The number of nitrogens with zero attached hydrogens (tertiary/aromatic N) is 3. The van der Waals surface area contributed by atoms with Crippen LogP contribution in [-0.2, 0) is 4.79 Å². The summed E-state index contributed by atoms with van der Waals surface area (Å²) in [7, 11) is 0. The van der Waals surface area contributed by atoms with Gasteiger partial charge >= 0.3 is 5.69 Å². The Morgan fingerprint density at radius 3 is 2.56 bits per heavy atom. The summed E-state index contributed by atoms with van der Waals surface area (Å²) >= 11 is 0. The molecule has 1 saturated carbocycles. The van der Waals surface area contributed by atoms with E-state index in [9.17, 15) is 19.2 Å². The number of nitrogens with one attached hydrogen (secondary N) is 3. The Hall–Kier alpha value is -3.17. The molecule has 2 amide bonds. The van der Waals surface area contributed by atoms with Crippen LogP contribution < -0.4 is 16.6 Å². The number of anilines is 1. The molecular formula is C17H20N6O4. The number of rotatable bonds is 4. The number of hydrogen-bond donors (Lipinski definition) is 3. The van der Waals surface area contributed by atoms with E-state index >= 15 is 0 Å². The van der Waals surface area contributed by atoms with Crippen LogP contribution in [0.15, 0.2) is 28.0 Å². The SMILES string of the molecule is O=C(Nc1ccnn1C1CCN(C(=O)c2c[nH]c(=O)[nH]c2=O)CC1)C1CC1. The third-order valence-corrected chi connectivity index (χ3v) is 5.02. The molecule has 0 unspecified atom stereocenters. The molecule has 1 saturated heterocycles. The third-order valence-electron chi connectivity index (χ3n) is 5.02. The van der Waals surface area contributed by atoms with Gasteiger partial charge in [-0.1, -0.05) is 0 Å². The Kier molecular flexibility index (Phi) is 4.38. The zero-order chi connectivity index (χ0) is 19.0. The Morgan fingerprint density at radius 2 is 1.89 bits per heavy atom. The van der Waals surface area contributed by atoms with E-state index in [-0.39, 0.29) is 23.4 Å². The smallest absolute Gasteiger partial charge is 0.325 e. The van der Waals surface area contributed by atoms with E-state index in [0.29, 0.717) is 31.7 Å². The molecule has 0 spiro atoms. The van der Waals surface area contributed by atoms with Crippen molar-refractivity contribution in [1.29, 1.82) is 0 Å². The zero-order valence-corrected chi connectivity index (χ0v) is 14.6. The molecule has 0 radical (unpaired) electrons. The Balaban J connectivity index is 1.41. The summed E-state index contributed by atoms with van der Waals surface area (Å²) in [5, 5.41) is 7.25. The molecule has 3 N–H and O–H groups in total. The van der Waals surface area contributed by atoms with Gasteiger partial charge in [-0.15, -0.1) is 0 Å². The lowest BCUT2D eigenvalue weighted by atomic mass is 10.0. The average molecular weight is 372 g/mol. The maximum Gasteiger partial charge on any atom is 0.325 e. The highest BCUT2D eigenvalue weighted by Crippen LogP contribution is 2.31. The number of carbonyl (C=O) groups is 2. The monoisotopic (exact) mass is 372 g/mol. The maximum absolute atomic E-state index is 12.5. The van der Waals surface area contributed by atoms with Crippen LogP contribution in [0, 0.1) is 5.92 Å². The number of piperidine rings is 1. The Morgan fingerprint density at radius 1 is 1.15 bits per heavy atom. The Bertz CT molecular complexity index is 978. The van der Waals surface area contributed by atoms with Crippen molar-refractivity contribution in [3.63, 3.8) is 0 Å². The summed E-state index contributed by atoms with van der Waals surface area (Å²) in [4.78, 5) is 53.4. The van der Waals surface area contributed by atoms with Crippen LogP contribution in [0.4, 0.5) is 5.82 Å². The molecule has 142 valence electrons. The topological polar surface area (TPSA) is 133 Å². The first-order valence-corrected chi connectivity index (χ1v) is 8.98. The molecule has 0 bridgehead atoms. The number of likely N-dealkylation sites (tertiary alicyclic amines) is 1. The highest BCUT2D eigenvalue weighted by molar-refractivity contribution is 5.94. The summed E-state index contributed by atoms with van der Waals surface area (Å²) in [5.74, 6) is 0.410. The van der Waals surface area contributed by atoms with Crippen LogP contribution in [0.1, 0.15) is 42.1 Å². The van der Waals surface area contributed by atoms with Gasteiger partial charge in [-0.05, 0) is 25.7 Å². The first kappa shape index (κ1) is 17.3. The second kappa shape index (κ2) is 6.86. The van der Waals surface area contributed by atoms with E-state index < -0.39 is 17.2 Å². The number of carbonyl (C=O) groups excluding carboxylic acids is 2. The van der Waals surface area contributed by atoms with E-state index in [1.165, 1.54) is 0 Å². The summed E-state index contributed by atoms with van der Waals surface area (Å²) in [6.45, 7) is 0.913. The van der Waals surface area contributed by atoms with E-state index in [0.717, 1.165) is 19.0 Å². The molecule has 2 aromatic rings. The minimum Gasteiger partial charge on any atom is -0.338 e. The largest absolute Gasteiger partial charge is 0.338 e. The van der Waals surface area contributed by atoms with Crippen molar-refractivity contribution in [3.05, 3.63) is 44.9 Å². The van der Waals surface area contributed by atoms with Gasteiger partial charge < -0.3 is 15.2 Å². The fourth-order valence-electron chi connectivity index (χ4n) is 3.33. The van der Waals surface area contributed by atoms with E-state index in [1.54, 1.807) is 21.8 Å². The quantitative estimate of drug-likeness (QED) is 0.699. The molecule has 10 heteroatoms. The predicted octanol–water partition coefficient (Wildman–Crippen LogP) is 0.0855. The first-order valence-electron chi connectivity index (χ1n) is 8.98. The lowest BCUT2D eigenvalue weighted by Gasteiger charge is -2.32. The Labute approximate surface area is 153 Å². The molecular weight excluding hydrogens is 352 g/mol. The third kappa shape index (κ3) is 3.55. The second-order valence-electron chi connectivity index (χ2n) is 6.93. The summed E-state index contributed by atoms with van der Waals surface area (Å²) in [6.07, 6.45) is 5.98. The first-order chi connectivity index (χ1) is 13.0. The van der Waals surface area contributed by atoms with Gasteiger partial charge in [0.05, 0.1) is 12.2 Å². The normalized spacial score (nSPS) is 17.7. The minimum absolute atomic E-state index is 0.0293. The molecule has 1 aliphatic heterocycles. The van der Waals surface area contributed by atoms with Gasteiger partial charge in [-0.2, -0.15) is 5.10 Å². The molecule has 10 nitrogen and oxygen atoms in total. The maximum atomic E-state index is 12.5. The highest BCUT2D eigenvalue weighted by atomic mass is 16.2. The standard InChI is InChI=1S/C17H20N6O4/c24-14(10-1-2-10)20-13-3-6-19-23(13)11-4-7-22(8-5-11)16(26)12-9-18-17(27)21-15(12)25/h3,6,9-11H,1-2,4-5,7-8H2,(H,20,24)(H2,18,21,25,27). The van der Waals surface area contributed by atoms with Crippen LogP contribution in [0.3, 0.4) is 0 Å². The summed E-state index contributed by atoms with van der Waals surface area (Å²) in [5.41, 5.74) is -1.41. The number of hydrogen-bond acceptors (Lipinski definition) is 5. The van der Waals surface area contributed by atoms with E-state index in [4.69, 9.17) is 0 Å². The van der Waals surface area contributed by atoms with Crippen molar-refractivity contribution >= 4 is 17.6 Å². The number of H-pyrrole nitrogens is 2. The molecule has 2 aromatic heterocycles. The van der Waals surface area contributed by atoms with Gasteiger partial charge in [0.25, 0.3) is 11.5 Å².